The van der Waals surface area contributed by atoms with Crippen LogP contribution in [0.3, 0.4) is 0 Å². The van der Waals surface area contributed by atoms with E-state index in [1.807, 2.05) is 43.3 Å². The van der Waals surface area contributed by atoms with E-state index in [-0.39, 0.29) is 5.91 Å². The molecule has 184 valence electrons. The topological polar surface area (TPSA) is 90.7 Å². The third-order valence-corrected chi connectivity index (χ3v) is 6.77. The maximum Gasteiger partial charge on any atom is 0.335 e. The van der Waals surface area contributed by atoms with Crippen molar-refractivity contribution >= 4 is 40.0 Å². The number of amides is 1. The van der Waals surface area contributed by atoms with Crippen LogP contribution in [-0.4, -0.2) is 52.7 Å². The first kappa shape index (κ1) is 23.4. The van der Waals surface area contributed by atoms with Crippen LogP contribution < -0.4 is 15.1 Å². The molecule has 1 amide bonds. The summed E-state index contributed by atoms with van der Waals surface area (Å²) in [6.45, 7) is 8.09. The largest absolute Gasteiger partial charge is 0.478 e. The molecule has 0 saturated carbocycles. The maximum absolute atomic E-state index is 12.8. The Labute approximate surface area is 209 Å². The fourth-order valence-corrected chi connectivity index (χ4v) is 4.77. The van der Waals surface area contributed by atoms with E-state index >= 15 is 0 Å². The Morgan fingerprint density at radius 3 is 2.36 bits per heavy atom. The first-order valence-electron chi connectivity index (χ1n) is 12.1. The van der Waals surface area contributed by atoms with Gasteiger partial charge in [-0.15, -0.1) is 0 Å². The predicted octanol–water partition coefficient (Wildman–Crippen LogP) is 4.64. The van der Waals surface area contributed by atoms with Gasteiger partial charge in [0.1, 0.15) is 5.82 Å². The lowest BCUT2D eigenvalue weighted by Crippen LogP contribution is -2.47. The third-order valence-electron chi connectivity index (χ3n) is 6.77. The highest BCUT2D eigenvalue weighted by molar-refractivity contribution is 6.05. The Balaban J connectivity index is 1.21. The van der Waals surface area contributed by atoms with Gasteiger partial charge in [0.2, 0.25) is 0 Å². The van der Waals surface area contributed by atoms with Gasteiger partial charge in [-0.05, 0) is 73.3 Å². The van der Waals surface area contributed by atoms with E-state index in [9.17, 15) is 14.7 Å². The number of aromatic nitrogens is 2. The number of aromatic carboxylic acids is 1. The number of carbonyl (C=O) groups is 2. The number of hydrogen-bond donors (Lipinski definition) is 2. The van der Waals surface area contributed by atoms with E-state index in [0.29, 0.717) is 11.1 Å². The summed E-state index contributed by atoms with van der Waals surface area (Å²) >= 11 is 0. The Morgan fingerprint density at radius 2 is 1.69 bits per heavy atom. The molecule has 8 heteroatoms. The fourth-order valence-electron chi connectivity index (χ4n) is 4.77. The zero-order valence-electron chi connectivity index (χ0n) is 20.4. The van der Waals surface area contributed by atoms with Gasteiger partial charge in [-0.2, -0.15) is 0 Å². The molecule has 0 radical (unpaired) electrons. The zero-order valence-corrected chi connectivity index (χ0v) is 20.4. The number of rotatable bonds is 6. The van der Waals surface area contributed by atoms with Crippen LogP contribution in [0.15, 0.2) is 67.0 Å². The Hall–Kier alpha value is -4.33. The summed E-state index contributed by atoms with van der Waals surface area (Å²) in [7, 11) is 0. The Bertz CT molecular complexity index is 1420. The number of anilines is 3. The van der Waals surface area contributed by atoms with Crippen LogP contribution >= 0.6 is 0 Å². The average molecular weight is 484 g/mol. The monoisotopic (exact) mass is 483 g/mol. The second-order valence-electron chi connectivity index (χ2n) is 9.02. The van der Waals surface area contributed by atoms with Crippen molar-refractivity contribution in [2.24, 2.45) is 0 Å². The van der Waals surface area contributed by atoms with Crippen LogP contribution in [0.1, 0.15) is 33.2 Å². The van der Waals surface area contributed by atoms with Crippen molar-refractivity contribution in [3.05, 3.63) is 83.7 Å². The highest BCUT2D eigenvalue weighted by Crippen LogP contribution is 2.25. The molecule has 1 aliphatic rings. The average Bonchev–Trinajstić information content (AvgIpc) is 3.31. The number of nitrogens with zero attached hydrogens (tertiary/aromatic N) is 4. The van der Waals surface area contributed by atoms with E-state index < -0.39 is 5.97 Å². The molecule has 5 rings (SSSR count). The molecule has 4 aromatic rings. The molecule has 2 aromatic heterocycles. The summed E-state index contributed by atoms with van der Waals surface area (Å²) in [4.78, 5) is 33.0. The van der Waals surface area contributed by atoms with Crippen LogP contribution in [0.2, 0.25) is 0 Å². The number of hydrogen-bond acceptors (Lipinski definition) is 5. The normalized spacial score (nSPS) is 13.7. The van der Waals surface area contributed by atoms with Gasteiger partial charge in [0.15, 0.2) is 0 Å². The van der Waals surface area contributed by atoms with Crippen molar-refractivity contribution in [3.8, 4) is 0 Å². The van der Waals surface area contributed by atoms with Crippen LogP contribution in [0.25, 0.3) is 10.9 Å². The van der Waals surface area contributed by atoms with Crippen molar-refractivity contribution in [1.29, 1.82) is 0 Å². The van der Waals surface area contributed by atoms with Crippen molar-refractivity contribution in [1.82, 2.24) is 9.55 Å². The van der Waals surface area contributed by atoms with Crippen molar-refractivity contribution in [3.63, 3.8) is 0 Å². The van der Waals surface area contributed by atoms with Gasteiger partial charge < -0.3 is 24.8 Å². The molecule has 0 spiro atoms. The van der Waals surface area contributed by atoms with E-state index in [1.165, 1.54) is 0 Å². The van der Waals surface area contributed by atoms with Crippen molar-refractivity contribution in [2.75, 3.05) is 41.3 Å². The number of piperazine rings is 1. The van der Waals surface area contributed by atoms with Gasteiger partial charge in [-0.1, -0.05) is 6.07 Å². The van der Waals surface area contributed by atoms with E-state index in [4.69, 9.17) is 0 Å². The molecule has 1 saturated heterocycles. The first-order valence-corrected chi connectivity index (χ1v) is 12.1. The number of pyridine rings is 1. The molecule has 0 aliphatic carbocycles. The van der Waals surface area contributed by atoms with Crippen molar-refractivity contribution in [2.45, 2.75) is 20.4 Å². The Morgan fingerprint density at radius 1 is 0.944 bits per heavy atom. The van der Waals surface area contributed by atoms with Crippen LogP contribution in [-0.2, 0) is 6.54 Å². The lowest BCUT2D eigenvalue weighted by molar-refractivity contribution is 0.0696. The highest BCUT2D eigenvalue weighted by Gasteiger charge is 2.20. The molecule has 3 heterocycles. The highest BCUT2D eigenvalue weighted by atomic mass is 16.4. The van der Waals surface area contributed by atoms with Gasteiger partial charge in [0.25, 0.3) is 5.91 Å². The number of nitrogens with one attached hydrogen (secondary N) is 1. The first-order chi connectivity index (χ1) is 17.4. The molecule has 0 atom stereocenters. The summed E-state index contributed by atoms with van der Waals surface area (Å²) in [5.41, 5.74) is 4.68. The molecular formula is C28H29N5O3. The summed E-state index contributed by atoms with van der Waals surface area (Å²) in [6, 6.07) is 17.0. The smallest absolute Gasteiger partial charge is 0.335 e. The second kappa shape index (κ2) is 9.73. The van der Waals surface area contributed by atoms with E-state index in [2.05, 4.69) is 43.9 Å². The number of aryl methyl sites for hydroxylation is 2. The predicted molar refractivity (Wildman–Crippen MR) is 142 cm³/mol. The Kier molecular flexibility index (Phi) is 6.33. The molecule has 0 bridgehead atoms. The minimum atomic E-state index is -0.912. The number of benzene rings is 2. The maximum atomic E-state index is 12.8. The molecule has 1 aliphatic heterocycles. The summed E-state index contributed by atoms with van der Waals surface area (Å²) < 4.78 is 2.15. The summed E-state index contributed by atoms with van der Waals surface area (Å²) in [5, 5.41) is 13.3. The standard InChI is InChI=1S/C28H29N5O3/c1-3-31-11-10-20-4-7-23(17-25(20)31)30-27(34)22-6-9-26(29-18-22)33-14-12-32(13-15-33)24-8-5-21(28(35)36)16-19(24)2/h4-11,16-18H,3,12-15H2,1-2H3,(H,30,34)(H,35,36). The number of fused-ring (bicyclic) bond motifs is 1. The molecule has 2 aromatic carbocycles. The van der Waals surface area contributed by atoms with E-state index in [1.54, 1.807) is 18.3 Å². The van der Waals surface area contributed by atoms with Gasteiger partial charge in [0.05, 0.1) is 16.6 Å². The molecule has 1 fully saturated rings. The van der Waals surface area contributed by atoms with Crippen LogP contribution in [0.5, 0.6) is 0 Å². The SMILES string of the molecule is CCn1ccc2ccc(NC(=O)c3ccc(N4CCN(c5ccc(C(=O)O)cc5C)CC4)nc3)cc21. The molecule has 36 heavy (non-hydrogen) atoms. The minimum Gasteiger partial charge on any atom is -0.478 e. The lowest BCUT2D eigenvalue weighted by atomic mass is 10.1. The van der Waals surface area contributed by atoms with Gasteiger partial charge in [0, 0.05) is 56.5 Å². The van der Waals surface area contributed by atoms with Crippen LogP contribution in [0.4, 0.5) is 17.2 Å². The number of carbonyl (C=O) groups excluding carboxylic acids is 1. The second-order valence-corrected chi connectivity index (χ2v) is 9.02. The quantitative estimate of drug-likeness (QED) is 0.415. The molecule has 2 N–H and O–H groups in total. The van der Waals surface area contributed by atoms with Crippen LogP contribution in [0, 0.1) is 6.92 Å². The fraction of sp³-hybridized carbons (Fsp3) is 0.250. The van der Waals surface area contributed by atoms with E-state index in [0.717, 1.165) is 66.4 Å². The minimum absolute atomic E-state index is 0.187. The molecule has 8 nitrogen and oxygen atoms in total. The third kappa shape index (κ3) is 4.62. The summed E-state index contributed by atoms with van der Waals surface area (Å²) in [6.07, 6.45) is 3.67. The number of carboxylic acids is 1. The molecule has 0 unspecified atom stereocenters. The van der Waals surface area contributed by atoms with Gasteiger partial charge >= 0.3 is 5.97 Å². The van der Waals surface area contributed by atoms with Gasteiger partial charge in [-0.3, -0.25) is 4.79 Å². The molecular weight excluding hydrogens is 454 g/mol. The summed E-state index contributed by atoms with van der Waals surface area (Å²) in [5.74, 6) is -0.259. The lowest BCUT2D eigenvalue weighted by Gasteiger charge is -2.37. The number of carboxylic acid groups (broad SMARTS) is 1. The van der Waals surface area contributed by atoms with Crippen molar-refractivity contribution < 1.29 is 14.7 Å². The van der Waals surface area contributed by atoms with Gasteiger partial charge in [-0.25, -0.2) is 9.78 Å². The zero-order chi connectivity index (χ0) is 25.2.